The molecule has 0 unspecified atom stereocenters. The topological polar surface area (TPSA) is 83.4 Å². The normalized spacial score (nSPS) is 20.3. The quantitative estimate of drug-likeness (QED) is 0.780. The van der Waals surface area contributed by atoms with Crippen LogP contribution >= 0.6 is 0 Å². The van der Waals surface area contributed by atoms with Crippen LogP contribution in [0.5, 0.6) is 11.5 Å². The number of methoxy groups -OCH3 is 1. The van der Waals surface area contributed by atoms with Gasteiger partial charge in [0.15, 0.2) is 0 Å². The van der Waals surface area contributed by atoms with Crippen molar-refractivity contribution < 1.29 is 19.4 Å². The number of amides is 1. The van der Waals surface area contributed by atoms with Gasteiger partial charge < -0.3 is 19.5 Å². The van der Waals surface area contributed by atoms with Crippen molar-refractivity contribution in [1.29, 1.82) is 0 Å². The number of phenolic OH excluding ortho intramolecular Hbond substituents is 1. The Labute approximate surface area is 182 Å². The lowest BCUT2D eigenvalue weighted by Crippen LogP contribution is -2.56. The van der Waals surface area contributed by atoms with E-state index >= 15 is 0 Å². The number of hydrogen-bond acceptors (Lipinski definition) is 6. The number of hydrogen-bond donors (Lipinski definition) is 2. The molecule has 2 aromatic carbocycles. The summed E-state index contributed by atoms with van der Waals surface area (Å²) in [6, 6.07) is 15.4. The maximum atomic E-state index is 12.1. The largest absolute Gasteiger partial charge is 0.507 e. The highest BCUT2D eigenvalue weighted by Gasteiger charge is 2.41. The number of likely N-dealkylation sites (tertiary alicyclic amines) is 1. The van der Waals surface area contributed by atoms with Gasteiger partial charge in [-0.05, 0) is 36.8 Å². The first kappa shape index (κ1) is 21.2. The number of nitrogens with one attached hydrogen (secondary N) is 1. The molecule has 2 aliphatic rings. The van der Waals surface area contributed by atoms with E-state index in [1.165, 1.54) is 0 Å². The summed E-state index contributed by atoms with van der Waals surface area (Å²) in [5.74, 6) is 1.04. The summed E-state index contributed by atoms with van der Waals surface area (Å²) in [7, 11) is 1.66. The molecular formula is C24H29N3O4. The molecule has 7 nitrogen and oxygen atoms in total. The third-order valence-corrected chi connectivity index (χ3v) is 6.04. The molecule has 2 heterocycles. The predicted octanol–water partition coefficient (Wildman–Crippen LogP) is 3.87. The Bertz CT molecular complexity index is 950. The number of piperidine rings is 1. The van der Waals surface area contributed by atoms with Crippen LogP contribution in [0.3, 0.4) is 0 Å². The van der Waals surface area contributed by atoms with E-state index in [0.29, 0.717) is 39.0 Å². The minimum Gasteiger partial charge on any atom is -0.507 e. The van der Waals surface area contributed by atoms with Crippen LogP contribution in [0.1, 0.15) is 43.4 Å². The molecule has 4 rings (SSSR count). The highest BCUT2D eigenvalue weighted by Crippen LogP contribution is 2.36. The second-order valence-electron chi connectivity index (χ2n) is 7.97. The third-order valence-electron chi connectivity index (χ3n) is 6.04. The first-order valence-electron chi connectivity index (χ1n) is 10.7. The smallest absolute Gasteiger partial charge is 0.409 e. The number of benzene rings is 2. The van der Waals surface area contributed by atoms with Crippen LogP contribution in [0.2, 0.25) is 0 Å². The molecule has 2 N–H and O–H groups in total. The molecule has 0 aliphatic carbocycles. The van der Waals surface area contributed by atoms with E-state index in [1.807, 2.05) is 37.3 Å². The van der Waals surface area contributed by atoms with E-state index in [1.54, 1.807) is 18.1 Å². The van der Waals surface area contributed by atoms with Crippen molar-refractivity contribution >= 4 is 11.8 Å². The number of carbonyl (C=O) groups excluding carboxylic acids is 1. The van der Waals surface area contributed by atoms with Crippen molar-refractivity contribution in [2.24, 2.45) is 4.99 Å². The molecule has 1 fully saturated rings. The first-order valence-corrected chi connectivity index (χ1v) is 10.7. The van der Waals surface area contributed by atoms with Gasteiger partial charge in [-0.3, -0.25) is 10.3 Å². The number of carbonyl (C=O) groups is 1. The molecule has 1 saturated heterocycles. The van der Waals surface area contributed by atoms with Gasteiger partial charge in [0, 0.05) is 49.7 Å². The van der Waals surface area contributed by atoms with Gasteiger partial charge in [-0.25, -0.2) is 4.79 Å². The van der Waals surface area contributed by atoms with Crippen LogP contribution in [0, 0.1) is 0 Å². The minimum atomic E-state index is -0.497. The van der Waals surface area contributed by atoms with E-state index in [9.17, 15) is 9.90 Å². The van der Waals surface area contributed by atoms with Gasteiger partial charge in [0.1, 0.15) is 17.2 Å². The van der Waals surface area contributed by atoms with Gasteiger partial charge in [0.05, 0.1) is 13.7 Å². The van der Waals surface area contributed by atoms with Crippen molar-refractivity contribution in [3.05, 3.63) is 59.7 Å². The van der Waals surface area contributed by atoms with E-state index in [4.69, 9.17) is 14.5 Å². The summed E-state index contributed by atoms with van der Waals surface area (Å²) < 4.78 is 10.5. The summed E-state index contributed by atoms with van der Waals surface area (Å²) in [6.45, 7) is 3.32. The van der Waals surface area contributed by atoms with Crippen LogP contribution < -0.4 is 10.1 Å². The summed E-state index contributed by atoms with van der Waals surface area (Å²) in [4.78, 5) is 19.0. The Kier molecular flexibility index (Phi) is 6.13. The van der Waals surface area contributed by atoms with Crippen LogP contribution in [-0.2, 0) is 4.74 Å². The standard InChI is InChI=1S/C24H29N3O4/c1-3-31-23(29)27-14-12-24(13-15-27)25-20(17-8-10-18(30-2)11-9-17)16-21(26-24)19-6-4-5-7-22(19)28/h4-11,20,25,28H,3,12-16H2,1-2H3/t20-/m0/s1. The lowest BCUT2D eigenvalue weighted by atomic mass is 9.87. The highest BCUT2D eigenvalue weighted by atomic mass is 16.6. The molecule has 1 spiro atoms. The van der Waals surface area contributed by atoms with Gasteiger partial charge in [-0.1, -0.05) is 24.3 Å². The van der Waals surface area contributed by atoms with Crippen LogP contribution in [-0.4, -0.2) is 54.3 Å². The van der Waals surface area contributed by atoms with Crippen molar-refractivity contribution in [3.63, 3.8) is 0 Å². The Hall–Kier alpha value is -3.06. The van der Waals surface area contributed by atoms with E-state index in [0.717, 1.165) is 22.6 Å². The molecule has 2 aliphatic heterocycles. The van der Waals surface area contributed by atoms with Crippen molar-refractivity contribution in [3.8, 4) is 11.5 Å². The molecule has 0 saturated carbocycles. The second kappa shape index (κ2) is 8.98. The second-order valence-corrected chi connectivity index (χ2v) is 7.97. The first-order chi connectivity index (χ1) is 15.0. The average molecular weight is 424 g/mol. The molecule has 164 valence electrons. The average Bonchev–Trinajstić information content (AvgIpc) is 2.80. The maximum absolute atomic E-state index is 12.1. The lowest BCUT2D eigenvalue weighted by Gasteiger charge is -2.45. The Morgan fingerprint density at radius 3 is 2.55 bits per heavy atom. The Balaban J connectivity index is 1.64. The van der Waals surface area contributed by atoms with Gasteiger partial charge in [-0.15, -0.1) is 0 Å². The number of nitrogens with zero attached hydrogens (tertiary/aromatic N) is 2. The number of rotatable bonds is 4. The van der Waals surface area contributed by atoms with E-state index in [-0.39, 0.29) is 17.9 Å². The van der Waals surface area contributed by atoms with Crippen molar-refractivity contribution in [1.82, 2.24) is 10.2 Å². The maximum Gasteiger partial charge on any atom is 0.409 e. The molecule has 2 aromatic rings. The molecule has 0 radical (unpaired) electrons. The van der Waals surface area contributed by atoms with Crippen LogP contribution in [0.15, 0.2) is 53.5 Å². The summed E-state index contributed by atoms with van der Waals surface area (Å²) >= 11 is 0. The zero-order chi connectivity index (χ0) is 21.8. The summed E-state index contributed by atoms with van der Waals surface area (Å²) in [5, 5.41) is 14.2. The number of aromatic hydroxyl groups is 1. The molecule has 1 atom stereocenters. The van der Waals surface area contributed by atoms with Crippen LogP contribution in [0.25, 0.3) is 0 Å². The van der Waals surface area contributed by atoms with Crippen molar-refractivity contribution in [2.45, 2.75) is 37.9 Å². The van der Waals surface area contributed by atoms with Gasteiger partial charge in [-0.2, -0.15) is 0 Å². The van der Waals surface area contributed by atoms with E-state index < -0.39 is 5.66 Å². The zero-order valence-corrected chi connectivity index (χ0v) is 18.0. The number of phenols is 1. The number of para-hydroxylation sites is 1. The molecular weight excluding hydrogens is 394 g/mol. The Morgan fingerprint density at radius 1 is 1.19 bits per heavy atom. The van der Waals surface area contributed by atoms with Gasteiger partial charge in [0.25, 0.3) is 0 Å². The molecule has 0 bridgehead atoms. The number of aliphatic imine (C=N–C) groups is 1. The molecule has 0 aromatic heterocycles. The fraction of sp³-hybridized carbons (Fsp3) is 0.417. The van der Waals surface area contributed by atoms with Gasteiger partial charge in [0.2, 0.25) is 0 Å². The molecule has 1 amide bonds. The number of ether oxygens (including phenoxy) is 2. The Morgan fingerprint density at radius 2 is 1.90 bits per heavy atom. The molecule has 31 heavy (non-hydrogen) atoms. The minimum absolute atomic E-state index is 0.0344. The predicted molar refractivity (Wildman–Crippen MR) is 119 cm³/mol. The third kappa shape index (κ3) is 4.51. The van der Waals surface area contributed by atoms with Gasteiger partial charge >= 0.3 is 6.09 Å². The lowest BCUT2D eigenvalue weighted by molar-refractivity contribution is 0.0779. The van der Waals surface area contributed by atoms with Crippen LogP contribution in [0.4, 0.5) is 4.79 Å². The summed E-state index contributed by atoms with van der Waals surface area (Å²) in [6.07, 6.45) is 1.74. The fourth-order valence-corrected chi connectivity index (χ4v) is 4.36. The zero-order valence-electron chi connectivity index (χ0n) is 18.0. The summed E-state index contributed by atoms with van der Waals surface area (Å²) in [5.41, 5.74) is 2.27. The van der Waals surface area contributed by atoms with Crippen molar-refractivity contribution in [2.75, 3.05) is 26.8 Å². The molecule has 7 heteroatoms. The fourth-order valence-electron chi connectivity index (χ4n) is 4.36. The van der Waals surface area contributed by atoms with E-state index in [2.05, 4.69) is 17.4 Å². The SMILES string of the molecule is CCOC(=O)N1CCC2(CC1)N=C(c1ccccc1O)C[C@@H](c1ccc(OC)cc1)N2. The monoisotopic (exact) mass is 423 g/mol. The highest BCUT2D eigenvalue weighted by molar-refractivity contribution is 6.03.